The van der Waals surface area contributed by atoms with E-state index in [1.807, 2.05) is 0 Å². The van der Waals surface area contributed by atoms with Crippen LogP contribution in [0.1, 0.15) is 18.4 Å². The summed E-state index contributed by atoms with van der Waals surface area (Å²) in [5.74, 6) is -0.521. The third kappa shape index (κ3) is 4.88. The van der Waals surface area contributed by atoms with Crippen LogP contribution >= 0.6 is 0 Å². The number of benzene rings is 1. The molecule has 7 heteroatoms. The Morgan fingerprint density at radius 1 is 1.37 bits per heavy atom. The molecule has 0 aliphatic heterocycles. The van der Waals surface area contributed by atoms with Crippen molar-refractivity contribution in [2.45, 2.75) is 25.1 Å². The van der Waals surface area contributed by atoms with Crippen molar-refractivity contribution in [2.24, 2.45) is 11.5 Å². The highest BCUT2D eigenvalue weighted by Gasteiger charge is 2.30. The lowest BCUT2D eigenvalue weighted by Crippen LogP contribution is -2.36. The van der Waals surface area contributed by atoms with Crippen molar-refractivity contribution < 1.29 is 18.0 Å². The van der Waals surface area contributed by atoms with E-state index < -0.39 is 23.7 Å². The molecule has 0 aliphatic carbocycles. The summed E-state index contributed by atoms with van der Waals surface area (Å²) in [6, 6.07) is 3.63. The molecule has 19 heavy (non-hydrogen) atoms. The van der Waals surface area contributed by atoms with Gasteiger partial charge in [-0.3, -0.25) is 4.79 Å². The lowest BCUT2D eigenvalue weighted by molar-refractivity contribution is -0.137. The molecule has 1 aromatic rings. The van der Waals surface area contributed by atoms with E-state index in [2.05, 4.69) is 5.32 Å². The van der Waals surface area contributed by atoms with Crippen LogP contribution in [0.5, 0.6) is 0 Å². The van der Waals surface area contributed by atoms with Crippen molar-refractivity contribution in [3.63, 3.8) is 0 Å². The van der Waals surface area contributed by atoms with E-state index in [-0.39, 0.29) is 5.69 Å². The van der Waals surface area contributed by atoms with Crippen LogP contribution in [0.25, 0.3) is 0 Å². The van der Waals surface area contributed by atoms with Crippen molar-refractivity contribution in [2.75, 3.05) is 11.9 Å². The normalized spacial score (nSPS) is 13.1. The summed E-state index contributed by atoms with van der Waals surface area (Å²) in [6.45, 7) is 0.407. The Balaban J connectivity index is 2.69. The summed E-state index contributed by atoms with van der Waals surface area (Å²) in [5, 5.41) is 2.36. The summed E-state index contributed by atoms with van der Waals surface area (Å²) < 4.78 is 37.4. The smallest absolute Gasteiger partial charge is 0.330 e. The van der Waals surface area contributed by atoms with Gasteiger partial charge >= 0.3 is 6.18 Å². The molecule has 1 amide bonds. The van der Waals surface area contributed by atoms with Gasteiger partial charge < -0.3 is 16.8 Å². The topological polar surface area (TPSA) is 81.1 Å². The van der Waals surface area contributed by atoms with Crippen LogP contribution in [-0.2, 0) is 11.0 Å². The molecule has 5 N–H and O–H groups in total. The van der Waals surface area contributed by atoms with Crippen molar-refractivity contribution >= 4 is 11.6 Å². The van der Waals surface area contributed by atoms with Crippen molar-refractivity contribution in [3.05, 3.63) is 29.8 Å². The largest absolute Gasteiger partial charge is 0.416 e. The number of rotatable bonds is 5. The minimum Gasteiger partial charge on any atom is -0.330 e. The molecule has 1 rings (SSSR count). The number of nitrogens with one attached hydrogen (secondary N) is 1. The number of nitrogens with two attached hydrogens (primary N) is 2. The summed E-state index contributed by atoms with van der Waals surface area (Å²) in [7, 11) is 0. The average Bonchev–Trinajstić information content (AvgIpc) is 2.35. The Morgan fingerprint density at radius 3 is 2.63 bits per heavy atom. The Bertz CT molecular complexity index is 434. The number of halogens is 3. The first-order chi connectivity index (χ1) is 8.84. The molecule has 0 saturated heterocycles. The fraction of sp³-hybridized carbons (Fsp3) is 0.417. The number of hydrogen-bond donors (Lipinski definition) is 3. The van der Waals surface area contributed by atoms with E-state index in [4.69, 9.17) is 11.5 Å². The van der Waals surface area contributed by atoms with Gasteiger partial charge in [-0.25, -0.2) is 0 Å². The van der Waals surface area contributed by atoms with Gasteiger partial charge in [-0.05, 0) is 37.6 Å². The van der Waals surface area contributed by atoms with E-state index in [1.54, 1.807) is 0 Å². The molecular weight excluding hydrogens is 259 g/mol. The molecule has 0 saturated carbocycles. The third-order valence-corrected chi connectivity index (χ3v) is 2.51. The molecule has 0 unspecified atom stereocenters. The van der Waals surface area contributed by atoms with Gasteiger partial charge in [-0.1, -0.05) is 6.07 Å². The molecule has 4 nitrogen and oxygen atoms in total. The van der Waals surface area contributed by atoms with Gasteiger partial charge in [0, 0.05) is 5.69 Å². The molecule has 0 aromatic heterocycles. The summed E-state index contributed by atoms with van der Waals surface area (Å²) >= 11 is 0. The van der Waals surface area contributed by atoms with Gasteiger partial charge in [-0.2, -0.15) is 13.2 Å². The molecule has 1 atom stereocenters. The van der Waals surface area contributed by atoms with Crippen LogP contribution in [0.15, 0.2) is 24.3 Å². The Morgan fingerprint density at radius 2 is 2.05 bits per heavy atom. The Kier molecular flexibility index (Phi) is 5.31. The minimum atomic E-state index is -4.44. The molecule has 0 heterocycles. The first-order valence-corrected chi connectivity index (χ1v) is 5.78. The lowest BCUT2D eigenvalue weighted by atomic mass is 10.1. The second-order valence-corrected chi connectivity index (χ2v) is 4.11. The maximum absolute atomic E-state index is 12.5. The molecule has 0 bridgehead atoms. The van der Waals surface area contributed by atoms with Crippen LogP contribution in [0, 0.1) is 0 Å². The zero-order valence-corrected chi connectivity index (χ0v) is 10.2. The quantitative estimate of drug-likeness (QED) is 0.765. The van der Waals surface area contributed by atoms with Crippen LogP contribution in [0.4, 0.5) is 18.9 Å². The molecule has 1 aromatic carbocycles. The van der Waals surface area contributed by atoms with E-state index in [0.717, 1.165) is 12.1 Å². The number of alkyl halides is 3. The van der Waals surface area contributed by atoms with Crippen LogP contribution in [-0.4, -0.2) is 18.5 Å². The van der Waals surface area contributed by atoms with Gasteiger partial charge in [0.1, 0.15) is 0 Å². The van der Waals surface area contributed by atoms with E-state index in [1.165, 1.54) is 12.1 Å². The highest BCUT2D eigenvalue weighted by molar-refractivity contribution is 5.94. The zero-order chi connectivity index (χ0) is 14.5. The SMILES string of the molecule is NCCC[C@H](N)C(=O)Nc1cccc(C(F)(F)F)c1. The molecule has 0 fully saturated rings. The number of carbonyl (C=O) groups excluding carboxylic acids is 1. The van der Waals surface area contributed by atoms with Crippen LogP contribution in [0.3, 0.4) is 0 Å². The monoisotopic (exact) mass is 275 g/mol. The summed E-state index contributed by atoms with van der Waals surface area (Å²) in [5.41, 5.74) is 10.1. The number of anilines is 1. The van der Waals surface area contributed by atoms with E-state index in [0.29, 0.717) is 19.4 Å². The zero-order valence-electron chi connectivity index (χ0n) is 10.2. The predicted molar refractivity (Wildman–Crippen MR) is 66.3 cm³/mol. The van der Waals surface area contributed by atoms with Gasteiger partial charge in [0.05, 0.1) is 11.6 Å². The Hall–Kier alpha value is -1.60. The maximum atomic E-state index is 12.5. The van der Waals surface area contributed by atoms with E-state index >= 15 is 0 Å². The van der Waals surface area contributed by atoms with Gasteiger partial charge in [0.15, 0.2) is 0 Å². The lowest BCUT2D eigenvalue weighted by Gasteiger charge is -2.13. The minimum absolute atomic E-state index is 0.0722. The fourth-order valence-electron chi connectivity index (χ4n) is 1.48. The number of carbonyl (C=O) groups is 1. The average molecular weight is 275 g/mol. The fourth-order valence-corrected chi connectivity index (χ4v) is 1.48. The summed E-state index contributed by atoms with van der Waals surface area (Å²) in [6.07, 6.45) is -3.47. The number of amides is 1. The second kappa shape index (κ2) is 6.53. The maximum Gasteiger partial charge on any atom is 0.416 e. The van der Waals surface area contributed by atoms with Gasteiger partial charge in [0.25, 0.3) is 0 Å². The molecule has 106 valence electrons. The van der Waals surface area contributed by atoms with Crippen molar-refractivity contribution in [3.8, 4) is 0 Å². The number of hydrogen-bond acceptors (Lipinski definition) is 3. The molecule has 0 aliphatic rings. The highest BCUT2D eigenvalue weighted by atomic mass is 19.4. The standard InChI is InChI=1S/C12H16F3N3O/c13-12(14,15)8-3-1-4-9(7-8)18-11(19)10(17)5-2-6-16/h1,3-4,7,10H,2,5-6,16-17H2,(H,18,19)/t10-/m0/s1. The Labute approximate surface area is 109 Å². The first-order valence-electron chi connectivity index (χ1n) is 5.78. The molecule has 0 spiro atoms. The molecule has 0 radical (unpaired) electrons. The van der Waals surface area contributed by atoms with E-state index in [9.17, 15) is 18.0 Å². The third-order valence-electron chi connectivity index (χ3n) is 2.51. The van der Waals surface area contributed by atoms with Crippen molar-refractivity contribution in [1.29, 1.82) is 0 Å². The first kappa shape index (κ1) is 15.5. The van der Waals surface area contributed by atoms with Crippen LogP contribution < -0.4 is 16.8 Å². The molecular formula is C12H16F3N3O. The van der Waals surface area contributed by atoms with Gasteiger partial charge in [-0.15, -0.1) is 0 Å². The predicted octanol–water partition coefficient (Wildman–Crippen LogP) is 1.71. The second-order valence-electron chi connectivity index (χ2n) is 4.11. The highest BCUT2D eigenvalue weighted by Crippen LogP contribution is 2.30. The summed E-state index contributed by atoms with van der Waals surface area (Å²) in [4.78, 5) is 11.6. The van der Waals surface area contributed by atoms with Crippen molar-refractivity contribution in [1.82, 2.24) is 0 Å². The van der Waals surface area contributed by atoms with Gasteiger partial charge in [0.2, 0.25) is 5.91 Å². The van der Waals surface area contributed by atoms with Crippen LogP contribution in [0.2, 0.25) is 0 Å².